The number of ether oxygens (including phenoxy) is 1. The van der Waals surface area contributed by atoms with Crippen molar-refractivity contribution in [3.8, 4) is 5.75 Å². The summed E-state index contributed by atoms with van der Waals surface area (Å²) in [5.41, 5.74) is 2.09. The third-order valence-corrected chi connectivity index (χ3v) is 5.61. The number of sulfonamides is 1. The predicted molar refractivity (Wildman–Crippen MR) is 101 cm³/mol. The van der Waals surface area contributed by atoms with E-state index >= 15 is 0 Å². The van der Waals surface area contributed by atoms with Gasteiger partial charge in [0.05, 0.1) is 12.4 Å². The summed E-state index contributed by atoms with van der Waals surface area (Å²) in [4.78, 5) is 12.3. The summed E-state index contributed by atoms with van der Waals surface area (Å²) in [6.45, 7) is 2.67. The lowest BCUT2D eigenvalue weighted by atomic mass is 9.96. The summed E-state index contributed by atoms with van der Waals surface area (Å²) in [6.07, 6.45) is 0.869. The molecular weight excluding hydrogens is 352 g/mol. The maximum Gasteiger partial charge on any atom is 0.251 e. The van der Waals surface area contributed by atoms with Gasteiger partial charge in [-0.1, -0.05) is 18.2 Å². The predicted octanol–water partition coefficient (Wildman–Crippen LogP) is 2.43. The monoisotopic (exact) mass is 374 g/mol. The second-order valence-corrected chi connectivity index (χ2v) is 8.29. The zero-order chi connectivity index (χ0) is 18.6. The number of benzene rings is 2. The Kier molecular flexibility index (Phi) is 5.46. The SMILES string of the molecule is CCS(=O)(=O)Nc1ccc(C(=O)NC[C@H]2COc3ccccc3C2)cc1. The maximum absolute atomic E-state index is 12.3. The molecule has 1 heterocycles. The van der Waals surface area contributed by atoms with Gasteiger partial charge in [0.2, 0.25) is 10.0 Å². The molecule has 2 aromatic rings. The van der Waals surface area contributed by atoms with Crippen LogP contribution in [0.5, 0.6) is 5.75 Å². The van der Waals surface area contributed by atoms with Crippen LogP contribution >= 0.6 is 0 Å². The van der Waals surface area contributed by atoms with E-state index in [1.807, 2.05) is 24.3 Å². The number of carbonyl (C=O) groups is 1. The first-order valence-electron chi connectivity index (χ1n) is 8.56. The molecule has 1 atom stereocenters. The summed E-state index contributed by atoms with van der Waals surface area (Å²) in [5.74, 6) is 0.959. The van der Waals surface area contributed by atoms with Crippen LogP contribution in [0.3, 0.4) is 0 Å². The molecule has 2 N–H and O–H groups in total. The Morgan fingerprint density at radius 3 is 2.62 bits per heavy atom. The topological polar surface area (TPSA) is 84.5 Å². The van der Waals surface area contributed by atoms with E-state index in [0.29, 0.717) is 24.4 Å². The van der Waals surface area contributed by atoms with Gasteiger partial charge in [0.1, 0.15) is 5.75 Å². The van der Waals surface area contributed by atoms with Crippen molar-refractivity contribution in [2.24, 2.45) is 5.92 Å². The molecule has 0 fully saturated rings. The third kappa shape index (κ3) is 4.54. The minimum atomic E-state index is -3.32. The lowest BCUT2D eigenvalue weighted by Gasteiger charge is -2.25. The first-order valence-corrected chi connectivity index (χ1v) is 10.2. The zero-order valence-electron chi connectivity index (χ0n) is 14.6. The van der Waals surface area contributed by atoms with Crippen LogP contribution in [-0.2, 0) is 16.4 Å². The minimum Gasteiger partial charge on any atom is -0.493 e. The van der Waals surface area contributed by atoms with Crippen LogP contribution in [0.1, 0.15) is 22.8 Å². The van der Waals surface area contributed by atoms with Gasteiger partial charge in [-0.2, -0.15) is 0 Å². The number of carbonyl (C=O) groups excluding carboxylic acids is 1. The highest BCUT2D eigenvalue weighted by Gasteiger charge is 2.20. The van der Waals surface area contributed by atoms with Crippen molar-refractivity contribution < 1.29 is 17.9 Å². The summed E-state index contributed by atoms with van der Waals surface area (Å²) in [7, 11) is -3.32. The lowest BCUT2D eigenvalue weighted by molar-refractivity contribution is 0.0939. The molecule has 138 valence electrons. The van der Waals surface area contributed by atoms with E-state index in [0.717, 1.165) is 17.7 Å². The average Bonchev–Trinajstić information content (AvgIpc) is 2.66. The fraction of sp³-hybridized carbons (Fsp3) is 0.316. The van der Waals surface area contributed by atoms with Crippen LogP contribution in [-0.4, -0.2) is 33.2 Å². The molecule has 0 bridgehead atoms. The molecule has 0 aliphatic carbocycles. The number of hydrogen-bond acceptors (Lipinski definition) is 4. The van der Waals surface area contributed by atoms with Crippen LogP contribution in [0.2, 0.25) is 0 Å². The van der Waals surface area contributed by atoms with Crippen LogP contribution in [0, 0.1) is 5.92 Å². The van der Waals surface area contributed by atoms with E-state index in [2.05, 4.69) is 10.0 Å². The first-order chi connectivity index (χ1) is 12.5. The normalized spacial score (nSPS) is 16.3. The molecule has 0 saturated heterocycles. The van der Waals surface area contributed by atoms with E-state index in [-0.39, 0.29) is 17.6 Å². The molecule has 0 radical (unpaired) electrons. The van der Waals surface area contributed by atoms with Crippen molar-refractivity contribution in [3.63, 3.8) is 0 Å². The van der Waals surface area contributed by atoms with Gasteiger partial charge in [0, 0.05) is 23.7 Å². The average molecular weight is 374 g/mol. The van der Waals surface area contributed by atoms with Crippen LogP contribution in [0.15, 0.2) is 48.5 Å². The molecule has 0 saturated carbocycles. The second-order valence-electron chi connectivity index (χ2n) is 6.28. The van der Waals surface area contributed by atoms with E-state index in [4.69, 9.17) is 4.74 Å². The van der Waals surface area contributed by atoms with Crippen LogP contribution < -0.4 is 14.8 Å². The molecule has 1 amide bonds. The molecule has 6 nitrogen and oxygen atoms in total. The van der Waals surface area contributed by atoms with Crippen molar-refractivity contribution >= 4 is 21.6 Å². The van der Waals surface area contributed by atoms with Gasteiger partial charge in [-0.3, -0.25) is 9.52 Å². The molecule has 1 aliphatic heterocycles. The van der Waals surface area contributed by atoms with E-state index in [1.165, 1.54) is 0 Å². The number of nitrogens with one attached hydrogen (secondary N) is 2. The molecule has 1 aliphatic rings. The Balaban J connectivity index is 1.54. The summed E-state index contributed by atoms with van der Waals surface area (Å²) in [6, 6.07) is 14.3. The Morgan fingerprint density at radius 2 is 1.88 bits per heavy atom. The molecular formula is C19H22N2O4S. The van der Waals surface area contributed by atoms with Crippen LogP contribution in [0.25, 0.3) is 0 Å². The van der Waals surface area contributed by atoms with Crippen molar-refractivity contribution in [1.82, 2.24) is 5.32 Å². The van der Waals surface area contributed by atoms with E-state index < -0.39 is 10.0 Å². The fourth-order valence-electron chi connectivity index (χ4n) is 2.80. The van der Waals surface area contributed by atoms with E-state index in [1.54, 1.807) is 31.2 Å². The Bertz CT molecular complexity index is 879. The van der Waals surface area contributed by atoms with Gasteiger partial charge in [-0.15, -0.1) is 0 Å². The highest BCUT2D eigenvalue weighted by molar-refractivity contribution is 7.92. The second kappa shape index (κ2) is 7.78. The number of hydrogen-bond donors (Lipinski definition) is 2. The van der Waals surface area contributed by atoms with Gasteiger partial charge in [0.15, 0.2) is 0 Å². The third-order valence-electron chi connectivity index (χ3n) is 4.31. The highest BCUT2D eigenvalue weighted by Crippen LogP contribution is 2.26. The van der Waals surface area contributed by atoms with Gasteiger partial charge >= 0.3 is 0 Å². The summed E-state index contributed by atoms with van der Waals surface area (Å²) >= 11 is 0. The smallest absolute Gasteiger partial charge is 0.251 e. The maximum atomic E-state index is 12.3. The Labute approximate surface area is 153 Å². The van der Waals surface area contributed by atoms with Crippen molar-refractivity contribution in [1.29, 1.82) is 0 Å². The van der Waals surface area contributed by atoms with Gasteiger partial charge in [-0.05, 0) is 49.2 Å². The van der Waals surface area contributed by atoms with Gasteiger partial charge in [0.25, 0.3) is 5.91 Å². The van der Waals surface area contributed by atoms with Gasteiger partial charge in [-0.25, -0.2) is 8.42 Å². The van der Waals surface area contributed by atoms with Crippen molar-refractivity contribution in [3.05, 3.63) is 59.7 Å². The summed E-state index contributed by atoms with van der Waals surface area (Å²) < 4.78 is 31.3. The molecule has 0 aromatic heterocycles. The number of amides is 1. The zero-order valence-corrected chi connectivity index (χ0v) is 15.4. The van der Waals surface area contributed by atoms with Crippen molar-refractivity contribution in [2.45, 2.75) is 13.3 Å². The van der Waals surface area contributed by atoms with E-state index in [9.17, 15) is 13.2 Å². The number of para-hydroxylation sites is 1. The molecule has 2 aromatic carbocycles. The molecule has 0 unspecified atom stereocenters. The highest BCUT2D eigenvalue weighted by atomic mass is 32.2. The first kappa shape index (κ1) is 18.3. The molecule has 7 heteroatoms. The molecule has 0 spiro atoms. The van der Waals surface area contributed by atoms with Crippen LogP contribution in [0.4, 0.5) is 5.69 Å². The minimum absolute atomic E-state index is 0.00181. The van der Waals surface area contributed by atoms with Crippen molar-refractivity contribution in [2.75, 3.05) is 23.6 Å². The molecule has 3 rings (SSSR count). The fourth-order valence-corrected chi connectivity index (χ4v) is 3.44. The number of rotatable bonds is 6. The lowest BCUT2D eigenvalue weighted by Crippen LogP contribution is -2.34. The standard InChI is InChI=1S/C19H22N2O4S/c1-2-26(23,24)21-17-9-7-15(8-10-17)19(22)20-12-14-11-16-5-3-4-6-18(16)25-13-14/h3-10,14,21H,2,11-13H2,1H3,(H,20,22)/t14-/m0/s1. The van der Waals surface area contributed by atoms with Gasteiger partial charge < -0.3 is 10.1 Å². The largest absolute Gasteiger partial charge is 0.493 e. The Hall–Kier alpha value is -2.54. The number of anilines is 1. The quantitative estimate of drug-likeness (QED) is 0.813. The summed E-state index contributed by atoms with van der Waals surface area (Å²) in [5, 5.41) is 2.92. The number of fused-ring (bicyclic) bond motifs is 1. The Morgan fingerprint density at radius 1 is 1.15 bits per heavy atom. The molecule has 26 heavy (non-hydrogen) atoms.